The molecule has 1 aromatic rings. The molecule has 1 fully saturated rings. The maximum absolute atomic E-state index is 12.0. The molecule has 1 heterocycles. The number of carbonyl (C=O) groups is 1. The molecule has 0 aliphatic carbocycles. The first-order valence-corrected chi connectivity index (χ1v) is 7.53. The van der Waals surface area contributed by atoms with Crippen molar-refractivity contribution in [3.8, 4) is 6.07 Å². The predicted molar refractivity (Wildman–Crippen MR) is 86.9 cm³/mol. The van der Waals surface area contributed by atoms with Crippen LogP contribution in [0, 0.1) is 11.3 Å². The molecule has 1 saturated heterocycles. The van der Waals surface area contributed by atoms with Gasteiger partial charge in [-0.25, -0.2) is 4.79 Å². The Labute approximate surface area is 131 Å². The van der Waals surface area contributed by atoms with Gasteiger partial charge in [0, 0.05) is 45.0 Å². The average Bonchev–Trinajstić information content (AvgIpc) is 2.54. The average molecular weight is 301 g/mol. The highest BCUT2D eigenvalue weighted by Crippen LogP contribution is 2.17. The van der Waals surface area contributed by atoms with Crippen molar-refractivity contribution in [3.05, 3.63) is 29.8 Å². The molecule has 0 atom stereocenters. The Morgan fingerprint density at radius 2 is 1.86 bits per heavy atom. The Balaban J connectivity index is 1.79. The van der Waals surface area contributed by atoms with E-state index < -0.39 is 0 Å². The maximum atomic E-state index is 12.0. The molecular formula is C16H23N5O. The molecule has 1 aliphatic heterocycles. The smallest absolute Gasteiger partial charge is 0.317 e. The minimum atomic E-state index is 0.0151. The summed E-state index contributed by atoms with van der Waals surface area (Å²) in [7, 11) is 3.98. The number of urea groups is 1. The van der Waals surface area contributed by atoms with E-state index in [0.29, 0.717) is 25.2 Å². The van der Waals surface area contributed by atoms with Gasteiger partial charge >= 0.3 is 6.03 Å². The van der Waals surface area contributed by atoms with Gasteiger partial charge in [-0.1, -0.05) is 0 Å². The Hall–Kier alpha value is -2.26. The quantitative estimate of drug-likeness (QED) is 0.899. The number of piperazine rings is 1. The summed E-state index contributed by atoms with van der Waals surface area (Å²) in [5.41, 5.74) is 1.77. The third-order valence-electron chi connectivity index (χ3n) is 3.76. The van der Waals surface area contributed by atoms with E-state index in [4.69, 9.17) is 5.26 Å². The lowest BCUT2D eigenvalue weighted by Crippen LogP contribution is -2.52. The van der Waals surface area contributed by atoms with E-state index in [1.165, 1.54) is 0 Å². The van der Waals surface area contributed by atoms with Crippen LogP contribution in [0.1, 0.15) is 5.56 Å². The highest BCUT2D eigenvalue weighted by molar-refractivity contribution is 5.74. The monoisotopic (exact) mass is 301 g/mol. The lowest BCUT2D eigenvalue weighted by atomic mass is 10.2. The SMILES string of the molecule is CN(C)CCNC(=O)N1CCN(c2ccc(C#N)cc2)CC1. The zero-order valence-corrected chi connectivity index (χ0v) is 13.2. The van der Waals surface area contributed by atoms with Gasteiger partial charge in [-0.15, -0.1) is 0 Å². The summed E-state index contributed by atoms with van der Waals surface area (Å²) in [5.74, 6) is 0. The van der Waals surface area contributed by atoms with Crippen molar-refractivity contribution in [2.75, 3.05) is 58.3 Å². The van der Waals surface area contributed by atoms with Gasteiger partial charge in [-0.2, -0.15) is 5.26 Å². The van der Waals surface area contributed by atoms with E-state index in [0.717, 1.165) is 25.3 Å². The normalized spacial score (nSPS) is 14.8. The lowest BCUT2D eigenvalue weighted by molar-refractivity contribution is 0.193. The van der Waals surface area contributed by atoms with Crippen molar-refractivity contribution in [2.24, 2.45) is 0 Å². The fourth-order valence-corrected chi connectivity index (χ4v) is 2.41. The van der Waals surface area contributed by atoms with Gasteiger partial charge < -0.3 is 20.0 Å². The van der Waals surface area contributed by atoms with Crippen LogP contribution >= 0.6 is 0 Å². The molecule has 118 valence electrons. The lowest BCUT2D eigenvalue weighted by Gasteiger charge is -2.36. The fourth-order valence-electron chi connectivity index (χ4n) is 2.41. The van der Waals surface area contributed by atoms with Crippen molar-refractivity contribution < 1.29 is 4.79 Å². The molecule has 22 heavy (non-hydrogen) atoms. The second-order valence-electron chi connectivity index (χ2n) is 5.67. The number of hydrogen-bond acceptors (Lipinski definition) is 4. The Bertz CT molecular complexity index is 526. The zero-order valence-electron chi connectivity index (χ0n) is 13.2. The molecule has 0 bridgehead atoms. The summed E-state index contributed by atoms with van der Waals surface area (Å²) in [6, 6.07) is 9.72. The minimum Gasteiger partial charge on any atom is -0.368 e. The molecule has 1 aliphatic rings. The molecule has 0 radical (unpaired) electrons. The number of carbonyl (C=O) groups excluding carboxylic acids is 1. The number of hydrogen-bond donors (Lipinski definition) is 1. The van der Waals surface area contributed by atoms with Gasteiger partial charge in [-0.05, 0) is 38.4 Å². The molecule has 0 aromatic heterocycles. The maximum Gasteiger partial charge on any atom is 0.317 e. The van der Waals surface area contributed by atoms with Gasteiger partial charge in [0.15, 0.2) is 0 Å². The first-order valence-electron chi connectivity index (χ1n) is 7.53. The van der Waals surface area contributed by atoms with Crippen LogP contribution < -0.4 is 10.2 Å². The van der Waals surface area contributed by atoms with Gasteiger partial charge in [0.05, 0.1) is 11.6 Å². The number of nitrogens with one attached hydrogen (secondary N) is 1. The third kappa shape index (κ3) is 4.37. The molecule has 0 spiro atoms. The van der Waals surface area contributed by atoms with Crippen molar-refractivity contribution in [3.63, 3.8) is 0 Å². The number of nitriles is 1. The number of rotatable bonds is 4. The third-order valence-corrected chi connectivity index (χ3v) is 3.76. The second kappa shape index (κ2) is 7.66. The van der Waals surface area contributed by atoms with Crippen molar-refractivity contribution in [2.45, 2.75) is 0 Å². The number of nitrogens with zero attached hydrogens (tertiary/aromatic N) is 4. The van der Waals surface area contributed by atoms with Crippen molar-refractivity contribution in [1.82, 2.24) is 15.1 Å². The predicted octanol–water partition coefficient (Wildman–Crippen LogP) is 0.951. The largest absolute Gasteiger partial charge is 0.368 e. The molecule has 1 N–H and O–H groups in total. The molecule has 0 unspecified atom stereocenters. The van der Waals surface area contributed by atoms with E-state index in [-0.39, 0.29) is 6.03 Å². The van der Waals surface area contributed by atoms with Crippen LogP contribution in [-0.2, 0) is 0 Å². The molecule has 0 saturated carbocycles. The minimum absolute atomic E-state index is 0.0151. The first-order chi connectivity index (χ1) is 10.6. The van der Waals surface area contributed by atoms with Gasteiger partial charge in [-0.3, -0.25) is 0 Å². The summed E-state index contributed by atoms with van der Waals surface area (Å²) in [5, 5.41) is 11.8. The molecular weight excluding hydrogens is 278 g/mol. The van der Waals surface area contributed by atoms with Crippen LogP contribution in [0.15, 0.2) is 24.3 Å². The molecule has 6 nitrogen and oxygen atoms in total. The summed E-state index contributed by atoms with van der Waals surface area (Å²) < 4.78 is 0. The summed E-state index contributed by atoms with van der Waals surface area (Å²) in [6.07, 6.45) is 0. The van der Waals surface area contributed by atoms with E-state index in [9.17, 15) is 4.79 Å². The fraction of sp³-hybridized carbons (Fsp3) is 0.500. The van der Waals surface area contributed by atoms with Crippen LogP contribution in [0.2, 0.25) is 0 Å². The van der Waals surface area contributed by atoms with Crippen LogP contribution in [0.3, 0.4) is 0 Å². The highest BCUT2D eigenvalue weighted by Gasteiger charge is 2.20. The Morgan fingerprint density at radius 3 is 2.41 bits per heavy atom. The Kier molecular flexibility index (Phi) is 5.61. The summed E-state index contributed by atoms with van der Waals surface area (Å²) in [4.78, 5) is 18.2. The molecule has 2 amide bonds. The highest BCUT2D eigenvalue weighted by atomic mass is 16.2. The molecule has 2 rings (SSSR count). The summed E-state index contributed by atoms with van der Waals surface area (Å²) >= 11 is 0. The topological polar surface area (TPSA) is 62.6 Å². The molecule has 1 aromatic carbocycles. The second-order valence-corrected chi connectivity index (χ2v) is 5.67. The number of anilines is 1. The molecule has 6 heteroatoms. The van der Waals surface area contributed by atoms with Crippen molar-refractivity contribution in [1.29, 1.82) is 5.26 Å². The van der Waals surface area contributed by atoms with Crippen LogP contribution in [0.4, 0.5) is 10.5 Å². The van der Waals surface area contributed by atoms with Gasteiger partial charge in [0.2, 0.25) is 0 Å². The van der Waals surface area contributed by atoms with Crippen LogP contribution in [0.5, 0.6) is 0 Å². The first kappa shape index (κ1) is 16.1. The van der Waals surface area contributed by atoms with E-state index >= 15 is 0 Å². The standard InChI is InChI=1S/C16H23N5O/c1-19(2)8-7-18-16(22)21-11-9-20(10-12-21)15-5-3-14(13-17)4-6-15/h3-6H,7-12H2,1-2H3,(H,18,22). The Morgan fingerprint density at radius 1 is 1.23 bits per heavy atom. The van der Waals surface area contributed by atoms with E-state index in [1.807, 2.05) is 48.2 Å². The zero-order chi connectivity index (χ0) is 15.9. The van der Waals surface area contributed by atoms with E-state index in [1.54, 1.807) is 0 Å². The van der Waals surface area contributed by atoms with E-state index in [2.05, 4.69) is 16.3 Å². The van der Waals surface area contributed by atoms with Gasteiger partial charge in [0.1, 0.15) is 0 Å². The van der Waals surface area contributed by atoms with Crippen LogP contribution in [0.25, 0.3) is 0 Å². The van der Waals surface area contributed by atoms with Crippen LogP contribution in [-0.4, -0.2) is 69.2 Å². The van der Waals surface area contributed by atoms with Crippen molar-refractivity contribution >= 4 is 11.7 Å². The number of likely N-dealkylation sites (N-methyl/N-ethyl adjacent to an activating group) is 1. The van der Waals surface area contributed by atoms with Gasteiger partial charge in [0.25, 0.3) is 0 Å². The number of amides is 2. The summed E-state index contributed by atoms with van der Waals surface area (Å²) in [6.45, 7) is 4.57. The number of benzene rings is 1.